The topological polar surface area (TPSA) is 55.4 Å². The zero-order valence-electron chi connectivity index (χ0n) is 13.8. The minimum atomic E-state index is -0.405. The fraction of sp³-hybridized carbons (Fsp3) is 0.300. The third kappa shape index (κ3) is 4.92. The number of aryl methyl sites for hydroxylation is 1. The molecular weight excluding hydrogens is 382 g/mol. The number of nitrogens with one attached hydrogen (secondary N) is 1. The maximum Gasteiger partial charge on any atom is 0.310 e. The second kappa shape index (κ2) is 8.30. The van der Waals surface area contributed by atoms with Gasteiger partial charge in [0.1, 0.15) is 0 Å². The lowest BCUT2D eigenvalue weighted by Crippen LogP contribution is -2.34. The lowest BCUT2D eigenvalue weighted by atomic mass is 9.88. The number of fused-ring (bicyclic) bond motifs is 1. The van der Waals surface area contributed by atoms with Gasteiger partial charge in [0.05, 0.1) is 12.5 Å². The van der Waals surface area contributed by atoms with Crippen molar-refractivity contribution in [2.24, 2.45) is 0 Å². The van der Waals surface area contributed by atoms with Crippen LogP contribution in [0.15, 0.2) is 53.0 Å². The minimum absolute atomic E-state index is 0.00114. The van der Waals surface area contributed by atoms with Crippen molar-refractivity contribution >= 4 is 27.8 Å². The summed E-state index contributed by atoms with van der Waals surface area (Å²) < 4.78 is 6.02. The van der Waals surface area contributed by atoms with Gasteiger partial charge in [0.15, 0.2) is 6.61 Å². The van der Waals surface area contributed by atoms with Crippen LogP contribution >= 0.6 is 15.9 Å². The average molecular weight is 402 g/mol. The number of hydrogen-bond donors (Lipinski definition) is 1. The van der Waals surface area contributed by atoms with E-state index in [-0.39, 0.29) is 25.0 Å². The van der Waals surface area contributed by atoms with Gasteiger partial charge < -0.3 is 10.1 Å². The van der Waals surface area contributed by atoms with E-state index in [4.69, 9.17) is 4.74 Å². The van der Waals surface area contributed by atoms with Gasteiger partial charge in [0.25, 0.3) is 5.91 Å². The molecule has 1 aliphatic carbocycles. The first-order chi connectivity index (χ1) is 12.1. The Morgan fingerprint density at radius 3 is 2.84 bits per heavy atom. The summed E-state index contributed by atoms with van der Waals surface area (Å²) in [6.07, 6.45) is 3.16. The summed E-state index contributed by atoms with van der Waals surface area (Å²) in [5.74, 6) is -0.665. The van der Waals surface area contributed by atoms with E-state index in [0.717, 1.165) is 29.3 Å². The molecular formula is C20H20BrNO3. The summed E-state index contributed by atoms with van der Waals surface area (Å²) in [5, 5.41) is 2.98. The highest BCUT2D eigenvalue weighted by Crippen LogP contribution is 2.29. The van der Waals surface area contributed by atoms with E-state index >= 15 is 0 Å². The van der Waals surface area contributed by atoms with Crippen molar-refractivity contribution in [1.82, 2.24) is 5.32 Å². The Labute approximate surface area is 155 Å². The van der Waals surface area contributed by atoms with E-state index in [1.165, 1.54) is 11.1 Å². The standard InChI is InChI=1S/C20H20BrNO3/c21-16-8-3-5-14(11-16)12-20(24)25-13-19(23)22-18-10-4-7-15-6-1-2-9-17(15)18/h1-3,5-6,8-9,11,18H,4,7,10,12-13H2,(H,22,23). The summed E-state index contributed by atoms with van der Waals surface area (Å²) in [5.41, 5.74) is 3.30. The van der Waals surface area contributed by atoms with Crippen LogP contribution < -0.4 is 5.32 Å². The number of carbonyl (C=O) groups is 2. The Hall–Kier alpha value is -2.14. The third-order valence-electron chi connectivity index (χ3n) is 4.31. The molecule has 130 valence electrons. The lowest BCUT2D eigenvalue weighted by molar-refractivity contribution is -0.148. The molecule has 4 nitrogen and oxygen atoms in total. The predicted molar refractivity (Wildman–Crippen MR) is 99.1 cm³/mol. The molecule has 1 unspecified atom stereocenters. The van der Waals surface area contributed by atoms with Crippen molar-refractivity contribution in [2.45, 2.75) is 31.7 Å². The summed E-state index contributed by atoms with van der Waals surface area (Å²) in [6, 6.07) is 15.6. The molecule has 1 aliphatic rings. The van der Waals surface area contributed by atoms with Gasteiger partial charge in [-0.05, 0) is 48.1 Å². The van der Waals surface area contributed by atoms with Crippen molar-refractivity contribution in [3.8, 4) is 0 Å². The van der Waals surface area contributed by atoms with E-state index < -0.39 is 5.97 Å². The highest BCUT2D eigenvalue weighted by molar-refractivity contribution is 9.10. The minimum Gasteiger partial charge on any atom is -0.455 e. The van der Waals surface area contributed by atoms with E-state index in [1.807, 2.05) is 36.4 Å². The number of carbonyl (C=O) groups excluding carboxylic acids is 2. The van der Waals surface area contributed by atoms with Crippen LogP contribution in [0.25, 0.3) is 0 Å². The first kappa shape index (κ1) is 17.7. The van der Waals surface area contributed by atoms with Gasteiger partial charge in [-0.2, -0.15) is 0 Å². The molecule has 1 N–H and O–H groups in total. The number of ether oxygens (including phenoxy) is 1. The van der Waals surface area contributed by atoms with Crippen molar-refractivity contribution < 1.29 is 14.3 Å². The summed E-state index contributed by atoms with van der Waals surface area (Å²) in [6.45, 7) is -0.245. The van der Waals surface area contributed by atoms with Gasteiger partial charge in [-0.15, -0.1) is 0 Å². The molecule has 25 heavy (non-hydrogen) atoms. The van der Waals surface area contributed by atoms with Crippen LogP contribution in [0.2, 0.25) is 0 Å². The van der Waals surface area contributed by atoms with Gasteiger partial charge >= 0.3 is 5.97 Å². The Balaban J connectivity index is 1.49. The molecule has 0 fully saturated rings. The molecule has 0 saturated carbocycles. The fourth-order valence-electron chi connectivity index (χ4n) is 3.15. The van der Waals surface area contributed by atoms with Gasteiger partial charge in [-0.3, -0.25) is 9.59 Å². The molecule has 5 heteroatoms. The zero-order chi connectivity index (χ0) is 17.6. The smallest absolute Gasteiger partial charge is 0.310 e. The second-order valence-corrected chi connectivity index (χ2v) is 7.09. The van der Waals surface area contributed by atoms with Gasteiger partial charge in [-0.25, -0.2) is 0 Å². The highest BCUT2D eigenvalue weighted by Gasteiger charge is 2.21. The van der Waals surface area contributed by atoms with Crippen LogP contribution in [-0.2, 0) is 27.2 Å². The Bertz CT molecular complexity index is 775. The SMILES string of the molecule is O=C(COC(=O)Cc1cccc(Br)c1)NC1CCCc2ccccc21. The quantitative estimate of drug-likeness (QED) is 0.776. The van der Waals surface area contributed by atoms with Crippen molar-refractivity contribution in [2.75, 3.05) is 6.61 Å². The lowest BCUT2D eigenvalue weighted by Gasteiger charge is -2.26. The van der Waals surface area contributed by atoms with E-state index in [9.17, 15) is 9.59 Å². The molecule has 0 heterocycles. The Kier molecular flexibility index (Phi) is 5.87. The predicted octanol–water partition coefficient (Wildman–Crippen LogP) is 3.73. The molecule has 2 aromatic rings. The Morgan fingerprint density at radius 2 is 2.00 bits per heavy atom. The molecule has 0 saturated heterocycles. The van der Waals surface area contributed by atoms with E-state index in [1.54, 1.807) is 0 Å². The van der Waals surface area contributed by atoms with Crippen LogP contribution in [-0.4, -0.2) is 18.5 Å². The van der Waals surface area contributed by atoms with Crippen molar-refractivity contribution in [3.63, 3.8) is 0 Å². The third-order valence-corrected chi connectivity index (χ3v) is 4.80. The highest BCUT2D eigenvalue weighted by atomic mass is 79.9. The molecule has 0 radical (unpaired) electrons. The van der Waals surface area contributed by atoms with Gasteiger partial charge in [0.2, 0.25) is 0 Å². The molecule has 0 bridgehead atoms. The van der Waals surface area contributed by atoms with Gasteiger partial charge in [-0.1, -0.05) is 52.3 Å². The Morgan fingerprint density at radius 1 is 1.16 bits per heavy atom. The number of benzene rings is 2. The van der Waals surface area contributed by atoms with Crippen molar-refractivity contribution in [1.29, 1.82) is 0 Å². The largest absolute Gasteiger partial charge is 0.455 e. The van der Waals surface area contributed by atoms with Crippen molar-refractivity contribution in [3.05, 3.63) is 69.7 Å². The van der Waals surface area contributed by atoms with Gasteiger partial charge in [0, 0.05) is 4.47 Å². The number of halogens is 1. The molecule has 0 aliphatic heterocycles. The molecule has 3 rings (SSSR count). The van der Waals surface area contributed by atoms with Crippen LogP contribution in [0, 0.1) is 0 Å². The number of hydrogen-bond acceptors (Lipinski definition) is 3. The first-order valence-electron chi connectivity index (χ1n) is 8.39. The second-order valence-electron chi connectivity index (χ2n) is 6.18. The molecule has 0 aromatic heterocycles. The maximum atomic E-state index is 12.1. The number of amides is 1. The van der Waals surface area contributed by atoms with E-state index in [2.05, 4.69) is 33.4 Å². The summed E-state index contributed by atoms with van der Waals surface area (Å²) in [7, 11) is 0. The number of rotatable bonds is 5. The molecule has 2 aromatic carbocycles. The van der Waals surface area contributed by atoms with Crippen LogP contribution in [0.3, 0.4) is 0 Å². The van der Waals surface area contributed by atoms with Crippen LogP contribution in [0.4, 0.5) is 0 Å². The molecule has 1 amide bonds. The molecule has 0 spiro atoms. The summed E-state index contributed by atoms with van der Waals surface area (Å²) >= 11 is 3.37. The fourth-order valence-corrected chi connectivity index (χ4v) is 3.60. The normalized spacial score (nSPS) is 16.0. The monoisotopic (exact) mass is 401 g/mol. The first-order valence-corrected chi connectivity index (χ1v) is 9.18. The maximum absolute atomic E-state index is 12.1. The summed E-state index contributed by atoms with van der Waals surface area (Å²) in [4.78, 5) is 24.0. The molecule has 1 atom stereocenters. The van der Waals surface area contributed by atoms with Crippen LogP contribution in [0.5, 0.6) is 0 Å². The van der Waals surface area contributed by atoms with E-state index in [0.29, 0.717) is 0 Å². The average Bonchev–Trinajstić information content (AvgIpc) is 2.60. The van der Waals surface area contributed by atoms with Crippen LogP contribution in [0.1, 0.15) is 35.6 Å². The number of esters is 1. The zero-order valence-corrected chi connectivity index (χ0v) is 15.4.